The van der Waals surface area contributed by atoms with Crippen LogP contribution >= 0.6 is 47.8 Å². The van der Waals surface area contributed by atoms with Gasteiger partial charge in [-0.25, -0.2) is 0 Å². The van der Waals surface area contributed by atoms with Crippen LogP contribution in [0.4, 0.5) is 0 Å². The Hall–Kier alpha value is -1.68. The second-order valence-electron chi connectivity index (χ2n) is 8.22. The molecule has 0 heterocycles. The number of hydrogen-bond donors (Lipinski definition) is 0. The number of hydrogen-bond acceptors (Lipinski definition) is 0. The number of aryl methyl sites for hydroxylation is 3. The first kappa shape index (κ1) is 24.4. The van der Waals surface area contributed by atoms with E-state index in [1.807, 2.05) is 0 Å². The molecule has 0 atom stereocenters. The summed E-state index contributed by atoms with van der Waals surface area (Å²) in [6, 6.07) is 33.8. The lowest BCUT2D eigenvalue weighted by molar-refractivity contribution is 1.17. The maximum atomic E-state index is 3.58. The Balaban J connectivity index is 1.85. The quantitative estimate of drug-likeness (QED) is 0.162. The van der Waals surface area contributed by atoms with Crippen LogP contribution in [0.3, 0.4) is 0 Å². The van der Waals surface area contributed by atoms with Gasteiger partial charge in [0.15, 0.2) is 0 Å². The molecule has 0 spiro atoms. The van der Waals surface area contributed by atoms with Gasteiger partial charge in [0, 0.05) is 16.0 Å². The molecule has 33 heavy (non-hydrogen) atoms. The smallest absolute Gasteiger partial charge is 0.00718 e. The minimum absolute atomic E-state index is 0.975. The molecule has 0 aliphatic carbocycles. The molecule has 0 saturated carbocycles. The van der Waals surface area contributed by atoms with Crippen LogP contribution in [0.5, 0.6) is 0 Å². The highest BCUT2D eigenvalue weighted by Crippen LogP contribution is 2.34. The van der Waals surface area contributed by atoms with Gasteiger partial charge in [-0.2, -0.15) is 0 Å². The molecular formula is C30H27Br3. The second kappa shape index (κ2) is 12.1. The van der Waals surface area contributed by atoms with Crippen molar-refractivity contribution in [3.63, 3.8) is 0 Å². The van der Waals surface area contributed by atoms with E-state index in [0.717, 1.165) is 35.3 Å². The van der Waals surface area contributed by atoms with Gasteiger partial charge in [0.05, 0.1) is 0 Å². The standard InChI is InChI=1S/C30H27Br3/c31-13-10-22-4-1-7-25(16-22)28-19-29(26-8-2-5-23(17-26)11-14-32)21-30(20-28)27-9-3-6-24(18-27)12-15-33/h1-9,16-21H,10-15H2. The normalized spacial score (nSPS) is 11.0. The van der Waals surface area contributed by atoms with Crippen LogP contribution in [-0.4, -0.2) is 16.0 Å². The van der Waals surface area contributed by atoms with Crippen molar-refractivity contribution >= 4 is 47.8 Å². The summed E-state index contributed by atoms with van der Waals surface area (Å²) in [5.74, 6) is 0. The molecule has 4 rings (SSSR count). The van der Waals surface area contributed by atoms with E-state index in [4.69, 9.17) is 0 Å². The van der Waals surface area contributed by atoms with E-state index in [-0.39, 0.29) is 0 Å². The van der Waals surface area contributed by atoms with Crippen molar-refractivity contribution in [1.29, 1.82) is 0 Å². The molecule has 0 saturated heterocycles. The van der Waals surface area contributed by atoms with Gasteiger partial charge in [-0.05, 0) is 87.5 Å². The van der Waals surface area contributed by atoms with E-state index in [2.05, 4.69) is 139 Å². The number of alkyl halides is 3. The fourth-order valence-electron chi connectivity index (χ4n) is 4.17. The molecule has 3 heteroatoms. The summed E-state index contributed by atoms with van der Waals surface area (Å²) in [6.45, 7) is 0. The minimum Gasteiger partial charge on any atom is -0.0924 e. The number of halogens is 3. The molecule has 0 radical (unpaired) electrons. The van der Waals surface area contributed by atoms with Crippen molar-refractivity contribution in [1.82, 2.24) is 0 Å². The fourth-order valence-corrected chi connectivity index (χ4v) is 5.55. The summed E-state index contributed by atoms with van der Waals surface area (Å²) in [4.78, 5) is 0. The summed E-state index contributed by atoms with van der Waals surface area (Å²) < 4.78 is 0. The van der Waals surface area contributed by atoms with Crippen LogP contribution in [0.25, 0.3) is 33.4 Å². The lowest BCUT2D eigenvalue weighted by atomic mass is 9.91. The lowest BCUT2D eigenvalue weighted by Crippen LogP contribution is -1.91. The third kappa shape index (κ3) is 6.47. The van der Waals surface area contributed by atoms with Crippen LogP contribution in [0, 0.1) is 0 Å². The summed E-state index contributed by atoms with van der Waals surface area (Å²) >= 11 is 10.8. The molecule has 0 fully saturated rings. The summed E-state index contributed by atoms with van der Waals surface area (Å²) in [5, 5.41) is 2.92. The minimum atomic E-state index is 0.975. The largest absolute Gasteiger partial charge is 0.0924 e. The third-order valence-electron chi connectivity index (χ3n) is 5.86. The van der Waals surface area contributed by atoms with Crippen molar-refractivity contribution in [2.75, 3.05) is 16.0 Å². The number of rotatable bonds is 9. The Kier molecular flexibility index (Phi) is 9.00. The van der Waals surface area contributed by atoms with Gasteiger partial charge >= 0.3 is 0 Å². The molecule has 0 amide bonds. The SMILES string of the molecule is BrCCc1cccc(-c2cc(-c3cccc(CCBr)c3)cc(-c3cccc(CCBr)c3)c2)c1. The van der Waals surface area contributed by atoms with E-state index >= 15 is 0 Å². The van der Waals surface area contributed by atoms with E-state index in [9.17, 15) is 0 Å². The maximum Gasteiger partial charge on any atom is 0.00718 e. The average molecular weight is 627 g/mol. The molecule has 168 valence electrons. The Labute approximate surface area is 222 Å². The Morgan fingerprint density at radius 1 is 0.364 bits per heavy atom. The monoisotopic (exact) mass is 624 g/mol. The van der Waals surface area contributed by atoms with Crippen molar-refractivity contribution in [2.24, 2.45) is 0 Å². The fraction of sp³-hybridized carbons (Fsp3) is 0.200. The predicted molar refractivity (Wildman–Crippen MR) is 155 cm³/mol. The van der Waals surface area contributed by atoms with Crippen molar-refractivity contribution < 1.29 is 0 Å². The van der Waals surface area contributed by atoms with Crippen LogP contribution in [0.2, 0.25) is 0 Å². The molecule has 0 bridgehead atoms. The maximum absolute atomic E-state index is 3.58. The number of benzene rings is 4. The molecule has 4 aromatic rings. The average Bonchev–Trinajstić information content (AvgIpc) is 2.85. The highest BCUT2D eigenvalue weighted by molar-refractivity contribution is 9.09. The van der Waals surface area contributed by atoms with Crippen LogP contribution in [-0.2, 0) is 19.3 Å². The molecule has 0 nitrogen and oxygen atoms in total. The van der Waals surface area contributed by atoms with Crippen molar-refractivity contribution in [2.45, 2.75) is 19.3 Å². The molecule has 0 unspecified atom stereocenters. The third-order valence-corrected chi connectivity index (χ3v) is 7.05. The Morgan fingerprint density at radius 3 is 0.939 bits per heavy atom. The highest BCUT2D eigenvalue weighted by atomic mass is 79.9. The van der Waals surface area contributed by atoms with Gasteiger partial charge in [-0.3, -0.25) is 0 Å². The van der Waals surface area contributed by atoms with Gasteiger partial charge in [0.25, 0.3) is 0 Å². The van der Waals surface area contributed by atoms with E-state index in [1.165, 1.54) is 50.1 Å². The van der Waals surface area contributed by atoms with Gasteiger partial charge in [0.1, 0.15) is 0 Å². The zero-order chi connectivity index (χ0) is 23.0. The summed E-state index contributed by atoms with van der Waals surface area (Å²) in [5.41, 5.74) is 11.7. The van der Waals surface area contributed by atoms with E-state index in [0.29, 0.717) is 0 Å². The van der Waals surface area contributed by atoms with Crippen LogP contribution in [0.15, 0.2) is 91.0 Å². The molecule has 0 aliphatic rings. The Morgan fingerprint density at radius 2 is 0.667 bits per heavy atom. The topological polar surface area (TPSA) is 0 Å². The van der Waals surface area contributed by atoms with Crippen molar-refractivity contribution in [3.05, 3.63) is 108 Å². The summed E-state index contributed by atoms with van der Waals surface area (Å²) in [7, 11) is 0. The van der Waals surface area contributed by atoms with Crippen LogP contribution in [0.1, 0.15) is 16.7 Å². The van der Waals surface area contributed by atoms with Gasteiger partial charge in [0.2, 0.25) is 0 Å². The zero-order valence-corrected chi connectivity index (χ0v) is 23.3. The summed E-state index contributed by atoms with van der Waals surface area (Å²) in [6.07, 6.45) is 3.09. The zero-order valence-electron chi connectivity index (χ0n) is 18.5. The highest BCUT2D eigenvalue weighted by Gasteiger charge is 2.09. The molecule has 0 N–H and O–H groups in total. The first-order valence-corrected chi connectivity index (χ1v) is 14.7. The molecule has 0 aliphatic heterocycles. The first-order chi connectivity index (χ1) is 16.2. The lowest BCUT2D eigenvalue weighted by Gasteiger charge is -2.13. The van der Waals surface area contributed by atoms with Gasteiger partial charge in [-0.15, -0.1) is 0 Å². The molecule has 4 aromatic carbocycles. The van der Waals surface area contributed by atoms with Crippen molar-refractivity contribution in [3.8, 4) is 33.4 Å². The molecular weight excluding hydrogens is 600 g/mol. The van der Waals surface area contributed by atoms with Gasteiger partial charge < -0.3 is 0 Å². The first-order valence-electron chi connectivity index (χ1n) is 11.3. The van der Waals surface area contributed by atoms with E-state index in [1.54, 1.807) is 0 Å². The predicted octanol–water partition coefficient (Wildman–Crippen LogP) is 9.50. The second-order valence-corrected chi connectivity index (χ2v) is 10.6. The molecule has 0 aromatic heterocycles. The van der Waals surface area contributed by atoms with Gasteiger partial charge in [-0.1, -0.05) is 121 Å². The Bertz CT molecular complexity index is 1050. The van der Waals surface area contributed by atoms with E-state index < -0.39 is 0 Å². The van der Waals surface area contributed by atoms with Crippen LogP contribution < -0.4 is 0 Å².